The minimum absolute atomic E-state index is 0.734. The summed E-state index contributed by atoms with van der Waals surface area (Å²) < 4.78 is 0.830. The van der Waals surface area contributed by atoms with Gasteiger partial charge in [-0.3, -0.25) is 4.98 Å². The van der Waals surface area contributed by atoms with Gasteiger partial charge in [0.05, 0.1) is 0 Å². The second-order valence-electron chi connectivity index (χ2n) is 4.64. The zero-order valence-corrected chi connectivity index (χ0v) is 12.9. The van der Waals surface area contributed by atoms with Crippen LogP contribution in [0.4, 0.5) is 5.82 Å². The quantitative estimate of drug-likeness (QED) is 0.710. The number of pyridine rings is 2. The van der Waals surface area contributed by atoms with Crippen LogP contribution in [-0.4, -0.2) is 9.97 Å². The number of rotatable bonds is 4. The van der Waals surface area contributed by atoms with E-state index in [-0.39, 0.29) is 0 Å². The summed E-state index contributed by atoms with van der Waals surface area (Å²) in [5, 5.41) is 3.32. The smallest absolute Gasteiger partial charge is 0.127 e. The summed E-state index contributed by atoms with van der Waals surface area (Å²) in [4.78, 5) is 8.53. The highest BCUT2D eigenvalue weighted by molar-refractivity contribution is 9.10. The maximum atomic E-state index is 4.36. The lowest BCUT2D eigenvalue weighted by molar-refractivity contribution is 1.10. The Hall–Kier alpha value is -2.20. The van der Waals surface area contributed by atoms with E-state index in [1.165, 1.54) is 11.1 Å². The van der Waals surface area contributed by atoms with Crippen molar-refractivity contribution >= 4 is 21.7 Å². The topological polar surface area (TPSA) is 37.8 Å². The molecular formula is C17H14BrN3. The summed E-state index contributed by atoms with van der Waals surface area (Å²) in [5.41, 5.74) is 3.50. The molecule has 0 saturated heterocycles. The number of aromatic nitrogens is 2. The van der Waals surface area contributed by atoms with Crippen LogP contribution in [0.3, 0.4) is 0 Å². The fourth-order valence-corrected chi connectivity index (χ4v) is 2.44. The highest BCUT2D eigenvalue weighted by Crippen LogP contribution is 2.20. The van der Waals surface area contributed by atoms with Crippen LogP contribution in [-0.2, 0) is 6.54 Å². The predicted octanol–water partition coefficient (Wildman–Crippen LogP) is 4.52. The van der Waals surface area contributed by atoms with Crippen molar-refractivity contribution in [2.75, 3.05) is 5.32 Å². The maximum absolute atomic E-state index is 4.36. The van der Waals surface area contributed by atoms with Crippen LogP contribution in [0.5, 0.6) is 0 Å². The second-order valence-corrected chi connectivity index (χ2v) is 5.45. The van der Waals surface area contributed by atoms with Crippen LogP contribution in [0.1, 0.15) is 5.56 Å². The molecule has 0 fully saturated rings. The largest absolute Gasteiger partial charge is 0.366 e. The van der Waals surface area contributed by atoms with Crippen molar-refractivity contribution in [2.45, 2.75) is 6.54 Å². The number of nitrogens with one attached hydrogen (secondary N) is 1. The van der Waals surface area contributed by atoms with Crippen molar-refractivity contribution in [3.05, 3.63) is 77.2 Å². The molecule has 4 heteroatoms. The van der Waals surface area contributed by atoms with E-state index in [9.17, 15) is 0 Å². The lowest BCUT2D eigenvalue weighted by Crippen LogP contribution is -2.01. The Balaban J connectivity index is 1.75. The standard InChI is InChI=1S/C17H14BrN3/c18-16-7-2-8-17(21-16)20-11-13-4-1-5-14(10-13)15-6-3-9-19-12-15/h1-10,12H,11H2,(H,20,21). The molecule has 3 rings (SSSR count). The molecule has 0 bridgehead atoms. The Morgan fingerprint density at radius 3 is 2.62 bits per heavy atom. The Morgan fingerprint density at radius 2 is 1.81 bits per heavy atom. The van der Waals surface area contributed by atoms with Gasteiger partial charge in [-0.1, -0.05) is 30.3 Å². The molecule has 3 aromatic rings. The summed E-state index contributed by atoms with van der Waals surface area (Å²) in [6, 6.07) is 18.3. The van der Waals surface area contributed by atoms with Crippen molar-refractivity contribution in [2.24, 2.45) is 0 Å². The number of halogens is 1. The molecule has 0 atom stereocenters. The SMILES string of the molecule is Brc1cccc(NCc2cccc(-c3cccnc3)c2)n1. The molecule has 0 aliphatic carbocycles. The molecule has 1 aromatic carbocycles. The van der Waals surface area contributed by atoms with Crippen LogP contribution in [0, 0.1) is 0 Å². The van der Waals surface area contributed by atoms with E-state index in [1.807, 2.05) is 30.5 Å². The summed E-state index contributed by atoms with van der Waals surface area (Å²) in [5.74, 6) is 0.858. The van der Waals surface area contributed by atoms with Gasteiger partial charge >= 0.3 is 0 Å². The average Bonchev–Trinajstić information content (AvgIpc) is 2.54. The van der Waals surface area contributed by atoms with Gasteiger partial charge in [-0.2, -0.15) is 0 Å². The second kappa shape index (κ2) is 6.50. The highest BCUT2D eigenvalue weighted by Gasteiger charge is 2.00. The van der Waals surface area contributed by atoms with Gasteiger partial charge in [0.25, 0.3) is 0 Å². The van der Waals surface area contributed by atoms with E-state index in [0.717, 1.165) is 22.5 Å². The number of hydrogen-bond acceptors (Lipinski definition) is 3. The first-order chi connectivity index (χ1) is 10.3. The molecule has 21 heavy (non-hydrogen) atoms. The third-order valence-electron chi connectivity index (χ3n) is 3.11. The van der Waals surface area contributed by atoms with Crippen molar-refractivity contribution in [3.8, 4) is 11.1 Å². The summed E-state index contributed by atoms with van der Waals surface area (Å²) >= 11 is 3.37. The Labute approximate surface area is 132 Å². The molecule has 0 unspecified atom stereocenters. The number of nitrogens with zero attached hydrogens (tertiary/aromatic N) is 2. The fraction of sp³-hybridized carbons (Fsp3) is 0.0588. The van der Waals surface area contributed by atoms with E-state index >= 15 is 0 Å². The maximum Gasteiger partial charge on any atom is 0.127 e. The molecule has 2 heterocycles. The van der Waals surface area contributed by atoms with Gasteiger partial charge in [0.15, 0.2) is 0 Å². The fourth-order valence-electron chi connectivity index (χ4n) is 2.09. The van der Waals surface area contributed by atoms with E-state index in [2.05, 4.69) is 61.5 Å². The molecule has 0 radical (unpaired) electrons. The van der Waals surface area contributed by atoms with E-state index in [1.54, 1.807) is 6.20 Å². The first-order valence-corrected chi connectivity index (χ1v) is 7.46. The number of anilines is 1. The highest BCUT2D eigenvalue weighted by atomic mass is 79.9. The molecule has 0 amide bonds. The molecular weight excluding hydrogens is 326 g/mol. The normalized spacial score (nSPS) is 10.3. The lowest BCUT2D eigenvalue weighted by Gasteiger charge is -2.08. The summed E-state index contributed by atoms with van der Waals surface area (Å²) in [7, 11) is 0. The Kier molecular flexibility index (Phi) is 4.26. The molecule has 2 aromatic heterocycles. The zero-order valence-electron chi connectivity index (χ0n) is 11.3. The van der Waals surface area contributed by atoms with Gasteiger partial charge < -0.3 is 5.32 Å². The van der Waals surface area contributed by atoms with Crippen LogP contribution in [0.25, 0.3) is 11.1 Å². The van der Waals surface area contributed by atoms with Gasteiger partial charge in [-0.25, -0.2) is 4.98 Å². The summed E-state index contributed by atoms with van der Waals surface area (Å²) in [6.45, 7) is 0.734. The molecule has 0 saturated carbocycles. The molecule has 0 spiro atoms. The third kappa shape index (κ3) is 3.67. The van der Waals surface area contributed by atoms with Gasteiger partial charge in [-0.15, -0.1) is 0 Å². The Bertz CT molecular complexity index is 729. The van der Waals surface area contributed by atoms with Crippen LogP contribution < -0.4 is 5.32 Å². The third-order valence-corrected chi connectivity index (χ3v) is 3.55. The molecule has 0 aliphatic rings. The van der Waals surface area contributed by atoms with Gasteiger partial charge in [0.2, 0.25) is 0 Å². The molecule has 1 N–H and O–H groups in total. The minimum atomic E-state index is 0.734. The predicted molar refractivity (Wildman–Crippen MR) is 88.9 cm³/mol. The number of hydrogen-bond donors (Lipinski definition) is 1. The lowest BCUT2D eigenvalue weighted by atomic mass is 10.0. The monoisotopic (exact) mass is 339 g/mol. The van der Waals surface area contributed by atoms with Crippen LogP contribution in [0.15, 0.2) is 71.6 Å². The zero-order chi connectivity index (χ0) is 14.5. The average molecular weight is 340 g/mol. The van der Waals surface area contributed by atoms with Crippen LogP contribution >= 0.6 is 15.9 Å². The van der Waals surface area contributed by atoms with E-state index < -0.39 is 0 Å². The van der Waals surface area contributed by atoms with Crippen molar-refractivity contribution < 1.29 is 0 Å². The molecule has 104 valence electrons. The molecule has 3 nitrogen and oxygen atoms in total. The van der Waals surface area contributed by atoms with Gasteiger partial charge in [-0.05, 0) is 56.9 Å². The van der Waals surface area contributed by atoms with Crippen molar-refractivity contribution in [3.63, 3.8) is 0 Å². The first-order valence-electron chi connectivity index (χ1n) is 6.67. The van der Waals surface area contributed by atoms with Gasteiger partial charge in [0.1, 0.15) is 10.4 Å². The Morgan fingerprint density at radius 1 is 0.952 bits per heavy atom. The van der Waals surface area contributed by atoms with E-state index in [0.29, 0.717) is 0 Å². The van der Waals surface area contributed by atoms with Crippen LogP contribution in [0.2, 0.25) is 0 Å². The molecule has 0 aliphatic heterocycles. The van der Waals surface area contributed by atoms with E-state index in [4.69, 9.17) is 0 Å². The minimum Gasteiger partial charge on any atom is -0.366 e. The number of benzene rings is 1. The summed E-state index contributed by atoms with van der Waals surface area (Å²) in [6.07, 6.45) is 3.66. The first kappa shape index (κ1) is 13.8. The van der Waals surface area contributed by atoms with Crippen molar-refractivity contribution in [1.29, 1.82) is 0 Å². The van der Waals surface area contributed by atoms with Crippen molar-refractivity contribution in [1.82, 2.24) is 9.97 Å². The van der Waals surface area contributed by atoms with Gasteiger partial charge in [0, 0.05) is 18.9 Å².